The molecule has 0 bridgehead atoms. The van der Waals surface area contributed by atoms with Crippen molar-refractivity contribution in [3.05, 3.63) is 35.9 Å². The maximum atomic E-state index is 12.4. The zero-order valence-corrected chi connectivity index (χ0v) is 11.1. The van der Waals surface area contributed by atoms with Crippen molar-refractivity contribution >= 4 is 11.9 Å². The van der Waals surface area contributed by atoms with Crippen molar-refractivity contribution in [1.82, 2.24) is 5.32 Å². The molecule has 0 aliphatic heterocycles. The molecule has 0 saturated heterocycles. The number of carbonyl (C=O) groups excluding carboxylic acids is 1. The quantitative estimate of drug-likeness (QED) is 0.824. The lowest BCUT2D eigenvalue weighted by atomic mass is 9.94. The van der Waals surface area contributed by atoms with Gasteiger partial charge in [-0.1, -0.05) is 37.3 Å². The number of carboxylic acid groups (broad SMARTS) is 1. The van der Waals surface area contributed by atoms with E-state index in [9.17, 15) is 9.59 Å². The minimum absolute atomic E-state index is 0.0207. The molecule has 4 nitrogen and oxygen atoms in total. The van der Waals surface area contributed by atoms with Crippen molar-refractivity contribution in [3.8, 4) is 0 Å². The van der Waals surface area contributed by atoms with Gasteiger partial charge in [-0.25, -0.2) is 0 Å². The van der Waals surface area contributed by atoms with E-state index in [1.54, 1.807) is 0 Å². The molecule has 1 aromatic rings. The standard InChI is InChI=1S/C15H19NO3/c1-2-12(10-13(17)18)16-14(19)15(8-9-15)11-6-4-3-5-7-11/h3-7,12H,2,8-10H2,1H3,(H,16,19)(H,17,18). The third-order valence-electron chi connectivity index (χ3n) is 3.76. The average Bonchev–Trinajstić information content (AvgIpc) is 3.20. The minimum Gasteiger partial charge on any atom is -0.481 e. The highest BCUT2D eigenvalue weighted by molar-refractivity contribution is 5.91. The van der Waals surface area contributed by atoms with Crippen LogP contribution in [0.2, 0.25) is 0 Å². The molecule has 102 valence electrons. The van der Waals surface area contributed by atoms with E-state index in [4.69, 9.17) is 5.11 Å². The molecular formula is C15H19NO3. The van der Waals surface area contributed by atoms with Crippen LogP contribution in [0, 0.1) is 0 Å². The highest BCUT2D eigenvalue weighted by Gasteiger charge is 2.51. The molecule has 1 fully saturated rings. The van der Waals surface area contributed by atoms with E-state index in [0.29, 0.717) is 6.42 Å². The van der Waals surface area contributed by atoms with Crippen LogP contribution < -0.4 is 5.32 Å². The van der Waals surface area contributed by atoms with Gasteiger partial charge in [0.05, 0.1) is 11.8 Å². The van der Waals surface area contributed by atoms with Crippen LogP contribution in [0.15, 0.2) is 30.3 Å². The van der Waals surface area contributed by atoms with Crippen LogP contribution in [0.3, 0.4) is 0 Å². The molecule has 1 aliphatic rings. The van der Waals surface area contributed by atoms with Gasteiger partial charge >= 0.3 is 5.97 Å². The van der Waals surface area contributed by atoms with E-state index >= 15 is 0 Å². The van der Waals surface area contributed by atoms with Gasteiger partial charge in [0.1, 0.15) is 0 Å². The Morgan fingerprint density at radius 3 is 2.42 bits per heavy atom. The first-order valence-corrected chi connectivity index (χ1v) is 6.67. The first-order valence-electron chi connectivity index (χ1n) is 6.67. The molecule has 0 spiro atoms. The summed E-state index contributed by atoms with van der Waals surface area (Å²) in [5.41, 5.74) is 0.602. The Balaban J connectivity index is 2.06. The van der Waals surface area contributed by atoms with Crippen molar-refractivity contribution in [2.75, 3.05) is 0 Å². The van der Waals surface area contributed by atoms with Crippen LogP contribution in [0.1, 0.15) is 38.2 Å². The fourth-order valence-electron chi connectivity index (χ4n) is 2.36. The fourth-order valence-corrected chi connectivity index (χ4v) is 2.36. The van der Waals surface area contributed by atoms with Gasteiger partial charge in [-0.2, -0.15) is 0 Å². The minimum atomic E-state index is -0.878. The number of carboxylic acids is 1. The van der Waals surface area contributed by atoms with E-state index in [0.717, 1.165) is 18.4 Å². The maximum absolute atomic E-state index is 12.4. The van der Waals surface area contributed by atoms with Gasteiger partial charge < -0.3 is 10.4 Å². The molecule has 1 atom stereocenters. The molecule has 19 heavy (non-hydrogen) atoms. The smallest absolute Gasteiger partial charge is 0.305 e. The van der Waals surface area contributed by atoms with E-state index in [1.165, 1.54) is 0 Å². The lowest BCUT2D eigenvalue weighted by molar-refractivity contribution is -0.137. The lowest BCUT2D eigenvalue weighted by Gasteiger charge is -2.20. The summed E-state index contributed by atoms with van der Waals surface area (Å²) in [6, 6.07) is 9.42. The van der Waals surface area contributed by atoms with Crippen LogP contribution in [0.5, 0.6) is 0 Å². The highest BCUT2D eigenvalue weighted by Crippen LogP contribution is 2.48. The summed E-state index contributed by atoms with van der Waals surface area (Å²) in [4.78, 5) is 23.1. The molecule has 1 unspecified atom stereocenters. The van der Waals surface area contributed by atoms with Crippen molar-refractivity contribution in [2.45, 2.75) is 44.1 Å². The Morgan fingerprint density at radius 2 is 1.95 bits per heavy atom. The largest absolute Gasteiger partial charge is 0.481 e. The Morgan fingerprint density at radius 1 is 1.32 bits per heavy atom. The third kappa shape index (κ3) is 2.95. The summed E-state index contributed by atoms with van der Waals surface area (Å²) in [5, 5.41) is 11.7. The lowest BCUT2D eigenvalue weighted by Crippen LogP contribution is -2.42. The first-order chi connectivity index (χ1) is 9.08. The van der Waals surface area contributed by atoms with Gasteiger partial charge in [0, 0.05) is 6.04 Å². The summed E-state index contributed by atoms with van der Waals surface area (Å²) >= 11 is 0. The zero-order chi connectivity index (χ0) is 13.9. The SMILES string of the molecule is CCC(CC(=O)O)NC(=O)C1(c2ccccc2)CC1. The van der Waals surface area contributed by atoms with E-state index in [1.807, 2.05) is 37.3 Å². The van der Waals surface area contributed by atoms with E-state index in [2.05, 4.69) is 5.32 Å². The Bertz CT molecular complexity index is 466. The molecule has 2 rings (SSSR count). The number of carbonyl (C=O) groups is 2. The summed E-state index contributed by atoms with van der Waals surface area (Å²) in [6.07, 6.45) is 2.29. The molecule has 0 radical (unpaired) electrons. The number of rotatable bonds is 6. The predicted molar refractivity (Wildman–Crippen MR) is 71.8 cm³/mol. The molecule has 1 aliphatic carbocycles. The summed E-state index contributed by atoms with van der Waals surface area (Å²) in [6.45, 7) is 1.88. The summed E-state index contributed by atoms with van der Waals surface area (Å²) < 4.78 is 0. The monoisotopic (exact) mass is 261 g/mol. The molecule has 2 N–H and O–H groups in total. The molecule has 1 aromatic carbocycles. The average molecular weight is 261 g/mol. The van der Waals surface area contributed by atoms with Gasteiger partial charge in [0.2, 0.25) is 5.91 Å². The Hall–Kier alpha value is -1.84. The fraction of sp³-hybridized carbons (Fsp3) is 0.467. The number of hydrogen-bond acceptors (Lipinski definition) is 2. The molecule has 1 amide bonds. The number of nitrogens with one attached hydrogen (secondary N) is 1. The van der Waals surface area contributed by atoms with Crippen molar-refractivity contribution in [2.24, 2.45) is 0 Å². The van der Waals surface area contributed by atoms with Crippen molar-refractivity contribution in [1.29, 1.82) is 0 Å². The third-order valence-corrected chi connectivity index (χ3v) is 3.76. The second-order valence-corrected chi connectivity index (χ2v) is 5.12. The van der Waals surface area contributed by atoms with E-state index in [-0.39, 0.29) is 18.4 Å². The number of aliphatic carboxylic acids is 1. The molecule has 4 heteroatoms. The Labute approximate surface area is 112 Å². The maximum Gasteiger partial charge on any atom is 0.305 e. The molecule has 0 heterocycles. The molecule has 0 aromatic heterocycles. The van der Waals surface area contributed by atoms with Gasteiger partial charge in [-0.15, -0.1) is 0 Å². The topological polar surface area (TPSA) is 66.4 Å². The van der Waals surface area contributed by atoms with Crippen molar-refractivity contribution in [3.63, 3.8) is 0 Å². The highest BCUT2D eigenvalue weighted by atomic mass is 16.4. The second-order valence-electron chi connectivity index (χ2n) is 5.12. The van der Waals surface area contributed by atoms with Gasteiger partial charge in [-0.05, 0) is 24.8 Å². The predicted octanol–water partition coefficient (Wildman–Crippen LogP) is 2.09. The van der Waals surface area contributed by atoms with Gasteiger partial charge in [0.25, 0.3) is 0 Å². The molecular weight excluding hydrogens is 242 g/mol. The van der Waals surface area contributed by atoms with Crippen LogP contribution in [0.4, 0.5) is 0 Å². The van der Waals surface area contributed by atoms with E-state index < -0.39 is 11.4 Å². The molecule has 1 saturated carbocycles. The van der Waals surface area contributed by atoms with Crippen LogP contribution in [-0.2, 0) is 15.0 Å². The number of benzene rings is 1. The number of hydrogen-bond donors (Lipinski definition) is 2. The van der Waals surface area contributed by atoms with Crippen LogP contribution >= 0.6 is 0 Å². The second kappa shape index (κ2) is 5.43. The summed E-state index contributed by atoms with van der Waals surface area (Å²) in [7, 11) is 0. The van der Waals surface area contributed by atoms with Gasteiger partial charge in [-0.3, -0.25) is 9.59 Å². The van der Waals surface area contributed by atoms with Crippen LogP contribution in [0.25, 0.3) is 0 Å². The first kappa shape index (κ1) is 13.6. The Kier molecular flexibility index (Phi) is 3.88. The van der Waals surface area contributed by atoms with Crippen LogP contribution in [-0.4, -0.2) is 23.0 Å². The summed E-state index contributed by atoms with van der Waals surface area (Å²) in [5.74, 6) is -0.913. The zero-order valence-electron chi connectivity index (χ0n) is 11.1. The normalized spacial score (nSPS) is 17.5. The number of amides is 1. The van der Waals surface area contributed by atoms with Crippen molar-refractivity contribution < 1.29 is 14.7 Å². The van der Waals surface area contributed by atoms with Gasteiger partial charge in [0.15, 0.2) is 0 Å².